The summed E-state index contributed by atoms with van der Waals surface area (Å²) in [7, 11) is 0. The Morgan fingerprint density at radius 3 is 3.00 bits per heavy atom. The molecule has 1 atom stereocenters. The fraction of sp³-hybridized carbons (Fsp3) is 0.700. The lowest BCUT2D eigenvalue weighted by molar-refractivity contribution is -0.108. The van der Waals surface area contributed by atoms with E-state index in [9.17, 15) is 4.79 Å². The Balaban J connectivity index is 3.87. The largest absolute Gasteiger partial charge is 0.303 e. The third kappa shape index (κ3) is 7.31. The minimum absolute atomic E-state index is 0.341. The van der Waals surface area contributed by atoms with Crippen LogP contribution in [0.5, 0.6) is 0 Å². The van der Waals surface area contributed by atoms with E-state index in [4.69, 9.17) is 4.11 Å². The van der Waals surface area contributed by atoms with Crippen LogP contribution in [0.1, 0.15) is 44.1 Å². The summed E-state index contributed by atoms with van der Waals surface area (Å²) in [6, 6.07) is 0. The van der Waals surface area contributed by atoms with Crippen molar-refractivity contribution in [3.05, 3.63) is 11.6 Å². The molecule has 0 saturated heterocycles. The van der Waals surface area contributed by atoms with E-state index in [0.29, 0.717) is 17.9 Å². The molecule has 0 N–H and O–H groups in total. The van der Waals surface area contributed by atoms with Gasteiger partial charge in [-0.05, 0) is 32.5 Å². The number of rotatable bonds is 5. The van der Waals surface area contributed by atoms with E-state index >= 15 is 0 Å². The Morgan fingerprint density at radius 1 is 1.73 bits per heavy atom. The van der Waals surface area contributed by atoms with Crippen LogP contribution in [0, 0.1) is 5.92 Å². The smallest absolute Gasteiger partial charge is 0.120 e. The van der Waals surface area contributed by atoms with Crippen LogP contribution in [0.15, 0.2) is 11.6 Å². The van der Waals surface area contributed by atoms with Crippen molar-refractivity contribution in [3.63, 3.8) is 0 Å². The maximum absolute atomic E-state index is 10.2. The Morgan fingerprint density at radius 2 is 2.45 bits per heavy atom. The molecule has 0 amide bonds. The molecule has 0 aromatic heterocycles. The van der Waals surface area contributed by atoms with Crippen molar-refractivity contribution in [2.24, 2.45) is 5.92 Å². The van der Waals surface area contributed by atoms with E-state index in [1.165, 1.54) is 0 Å². The van der Waals surface area contributed by atoms with E-state index in [1.54, 1.807) is 13.0 Å². The minimum Gasteiger partial charge on any atom is -0.303 e. The second-order valence-corrected chi connectivity index (χ2v) is 2.97. The number of aldehydes is 1. The second-order valence-electron chi connectivity index (χ2n) is 2.97. The first-order chi connectivity index (χ1) is 6.38. The Labute approximate surface area is 73.7 Å². The molecule has 0 radical (unpaired) electrons. The van der Waals surface area contributed by atoms with Crippen LogP contribution < -0.4 is 0 Å². The Hall–Kier alpha value is -0.590. The monoisotopic (exact) mass is 157 g/mol. The molecule has 0 fully saturated rings. The molecule has 1 nitrogen and oxygen atoms in total. The molecule has 0 aliphatic heterocycles. The summed E-state index contributed by atoms with van der Waals surface area (Å²) in [4.78, 5) is 10.2. The van der Waals surface area contributed by atoms with E-state index < -0.39 is 6.85 Å². The van der Waals surface area contributed by atoms with Gasteiger partial charge in [0.1, 0.15) is 6.29 Å². The maximum Gasteiger partial charge on any atom is 0.120 e. The van der Waals surface area contributed by atoms with Crippen molar-refractivity contribution in [1.29, 1.82) is 0 Å². The van der Waals surface area contributed by atoms with E-state index in [-0.39, 0.29) is 0 Å². The van der Waals surface area contributed by atoms with Crippen molar-refractivity contribution in [1.82, 2.24) is 0 Å². The Kier molecular flexibility index (Phi) is 3.34. The highest BCUT2D eigenvalue weighted by Crippen LogP contribution is 2.09. The minimum atomic E-state index is -1.96. The van der Waals surface area contributed by atoms with Gasteiger partial charge in [-0.2, -0.15) is 0 Å². The van der Waals surface area contributed by atoms with Gasteiger partial charge in [0.2, 0.25) is 0 Å². The van der Waals surface area contributed by atoms with Gasteiger partial charge in [0.25, 0.3) is 0 Å². The molecule has 0 aliphatic carbocycles. The number of hydrogen-bond donors (Lipinski definition) is 0. The van der Waals surface area contributed by atoms with Gasteiger partial charge in [0.05, 0.1) is 0 Å². The van der Waals surface area contributed by atoms with Gasteiger partial charge >= 0.3 is 0 Å². The summed E-state index contributed by atoms with van der Waals surface area (Å²) in [6.07, 6.45) is 4.81. The van der Waals surface area contributed by atoms with Gasteiger partial charge in [-0.1, -0.05) is 18.6 Å². The molecule has 64 valence electrons. The van der Waals surface area contributed by atoms with Gasteiger partial charge in [0, 0.05) is 10.5 Å². The van der Waals surface area contributed by atoms with E-state index in [2.05, 4.69) is 0 Å². The zero-order chi connectivity index (χ0) is 11.2. The van der Waals surface area contributed by atoms with Gasteiger partial charge < -0.3 is 4.79 Å². The predicted octanol–water partition coefficient (Wildman–Crippen LogP) is 2.96. The number of allylic oxidation sites excluding steroid dienone is 2. The van der Waals surface area contributed by atoms with Crippen LogP contribution in [-0.4, -0.2) is 6.29 Å². The lowest BCUT2D eigenvalue weighted by atomic mass is 10.0. The first-order valence-corrected chi connectivity index (χ1v) is 3.98. The van der Waals surface area contributed by atoms with Crippen LogP contribution >= 0.6 is 0 Å². The van der Waals surface area contributed by atoms with Gasteiger partial charge in [0.15, 0.2) is 0 Å². The molecule has 0 aromatic rings. The third-order valence-corrected chi connectivity index (χ3v) is 1.61. The van der Waals surface area contributed by atoms with E-state index in [1.807, 2.05) is 6.92 Å². The summed E-state index contributed by atoms with van der Waals surface area (Å²) in [5.74, 6) is 0.341. The predicted molar refractivity (Wildman–Crippen MR) is 48.5 cm³/mol. The van der Waals surface area contributed by atoms with Crippen LogP contribution in [0.2, 0.25) is 0 Å². The second kappa shape index (κ2) is 6.14. The first-order valence-electron chi connectivity index (χ1n) is 5.48. The molecule has 0 saturated carbocycles. The normalized spacial score (nSPS) is 19.8. The van der Waals surface area contributed by atoms with Crippen LogP contribution in [0.4, 0.5) is 0 Å². The fourth-order valence-corrected chi connectivity index (χ4v) is 0.866. The van der Waals surface area contributed by atoms with Gasteiger partial charge in [-0.25, -0.2) is 0 Å². The number of carbonyl (C=O) groups excluding carboxylic acids is 1. The molecule has 0 heterocycles. The van der Waals surface area contributed by atoms with Crippen LogP contribution in [0.3, 0.4) is 0 Å². The summed E-state index contributed by atoms with van der Waals surface area (Å²) in [6.45, 7) is 1.65. The van der Waals surface area contributed by atoms with Gasteiger partial charge in [-0.3, -0.25) is 0 Å². The molecule has 0 aromatic carbocycles. The zero-order valence-electron chi connectivity index (χ0n) is 10.3. The number of carbonyl (C=O) groups is 1. The lowest BCUT2D eigenvalue weighted by Gasteiger charge is -2.03. The average molecular weight is 157 g/mol. The first kappa shape index (κ1) is 5.99. The quantitative estimate of drug-likeness (QED) is 0.443. The summed E-state index contributed by atoms with van der Waals surface area (Å²) >= 11 is 0. The molecule has 0 rings (SSSR count). The molecule has 1 unspecified atom stereocenters. The van der Waals surface area contributed by atoms with E-state index in [0.717, 1.165) is 19.1 Å². The van der Waals surface area contributed by atoms with Gasteiger partial charge in [-0.15, -0.1) is 0 Å². The fourth-order valence-electron chi connectivity index (χ4n) is 0.866. The Bertz CT molecular complexity index is 206. The van der Waals surface area contributed by atoms with Crippen molar-refractivity contribution < 1.29 is 8.91 Å². The topological polar surface area (TPSA) is 17.1 Å². The summed E-state index contributed by atoms with van der Waals surface area (Å²) < 4.78 is 21.3. The van der Waals surface area contributed by atoms with Crippen molar-refractivity contribution in [2.45, 2.75) is 40.0 Å². The van der Waals surface area contributed by atoms with Crippen molar-refractivity contribution in [2.75, 3.05) is 0 Å². The zero-order valence-corrected chi connectivity index (χ0v) is 7.26. The summed E-state index contributed by atoms with van der Waals surface area (Å²) in [5.41, 5.74) is 0.441. The van der Waals surface area contributed by atoms with Crippen molar-refractivity contribution >= 4 is 6.29 Å². The molecule has 0 aliphatic rings. The number of hydrogen-bond acceptors (Lipinski definition) is 1. The third-order valence-electron chi connectivity index (χ3n) is 1.61. The SMILES string of the molecule is [2H]C([2H])([2H])/C(C)=C/CCC(C)CC=O. The molecule has 0 spiro atoms. The maximum atomic E-state index is 10.2. The van der Waals surface area contributed by atoms with Crippen LogP contribution in [0.25, 0.3) is 0 Å². The van der Waals surface area contributed by atoms with Crippen LogP contribution in [-0.2, 0) is 4.79 Å². The standard InChI is InChI=1S/C10H18O/c1-9(2)5-4-6-10(3)7-8-11/h5,8,10H,4,6-7H2,1-3H3/i1D3/b9-5-. The molecular formula is C10H18O. The molecule has 1 heteroatoms. The average Bonchev–Trinajstić information content (AvgIpc) is 2.02. The molecule has 11 heavy (non-hydrogen) atoms. The molecule has 0 bridgehead atoms. The highest BCUT2D eigenvalue weighted by molar-refractivity contribution is 5.49. The van der Waals surface area contributed by atoms with Crippen molar-refractivity contribution in [3.8, 4) is 0 Å². The highest BCUT2D eigenvalue weighted by Gasteiger charge is 1.98. The lowest BCUT2D eigenvalue weighted by Crippen LogP contribution is -1.93. The summed E-state index contributed by atoms with van der Waals surface area (Å²) in [5, 5.41) is 0. The molecular weight excluding hydrogens is 136 g/mol. The highest BCUT2D eigenvalue weighted by atomic mass is 16.1.